The van der Waals surface area contributed by atoms with Gasteiger partial charge >= 0.3 is 5.97 Å². The van der Waals surface area contributed by atoms with E-state index in [1.54, 1.807) is 31.2 Å². The van der Waals surface area contributed by atoms with E-state index in [1.807, 2.05) is 6.07 Å². The summed E-state index contributed by atoms with van der Waals surface area (Å²) in [7, 11) is 0. The van der Waals surface area contributed by atoms with Crippen molar-refractivity contribution in [1.29, 1.82) is 0 Å². The van der Waals surface area contributed by atoms with Gasteiger partial charge in [0.15, 0.2) is 5.69 Å². The average molecular weight is 499 g/mol. The highest BCUT2D eigenvalue weighted by Gasteiger charge is 2.21. The van der Waals surface area contributed by atoms with E-state index in [4.69, 9.17) is 27.9 Å². The van der Waals surface area contributed by atoms with Crippen LogP contribution in [0.25, 0.3) is 16.9 Å². The van der Waals surface area contributed by atoms with Gasteiger partial charge in [-0.25, -0.2) is 13.9 Å². The SMILES string of the molecule is CCOC(=O)c1cc(NC(=O)c2cc(-c3ccc(F)cn3)c(Cl)cc2Cl)n(-c2ccccc2)n1. The van der Waals surface area contributed by atoms with E-state index in [1.165, 1.54) is 35.0 Å². The van der Waals surface area contributed by atoms with Crippen molar-refractivity contribution >= 4 is 40.9 Å². The van der Waals surface area contributed by atoms with Gasteiger partial charge in [-0.3, -0.25) is 9.78 Å². The number of halogens is 3. The average Bonchev–Trinajstić information content (AvgIpc) is 3.24. The van der Waals surface area contributed by atoms with Crippen LogP contribution in [0.15, 0.2) is 66.9 Å². The minimum atomic E-state index is -0.623. The molecule has 0 bridgehead atoms. The van der Waals surface area contributed by atoms with Crippen LogP contribution in [-0.2, 0) is 4.74 Å². The molecule has 1 N–H and O–H groups in total. The maximum Gasteiger partial charge on any atom is 0.358 e. The van der Waals surface area contributed by atoms with E-state index in [0.717, 1.165) is 6.20 Å². The first-order chi connectivity index (χ1) is 16.4. The molecule has 0 saturated carbocycles. The number of hydrogen-bond acceptors (Lipinski definition) is 5. The maximum absolute atomic E-state index is 13.3. The molecular weight excluding hydrogens is 482 g/mol. The van der Waals surface area contributed by atoms with Crippen LogP contribution in [0.1, 0.15) is 27.8 Å². The van der Waals surface area contributed by atoms with Gasteiger partial charge in [0.25, 0.3) is 5.91 Å². The summed E-state index contributed by atoms with van der Waals surface area (Å²) in [6, 6.07) is 15.9. The molecule has 0 aliphatic heterocycles. The summed E-state index contributed by atoms with van der Waals surface area (Å²) in [6.07, 6.45) is 1.05. The predicted octanol–water partition coefficient (Wildman–Crippen LogP) is 5.81. The van der Waals surface area contributed by atoms with Crippen LogP contribution in [0.4, 0.5) is 10.2 Å². The zero-order valence-corrected chi connectivity index (χ0v) is 19.3. The molecule has 34 heavy (non-hydrogen) atoms. The molecule has 4 rings (SSSR count). The molecule has 0 radical (unpaired) electrons. The fourth-order valence-corrected chi connectivity index (χ4v) is 3.74. The smallest absolute Gasteiger partial charge is 0.358 e. The Bertz CT molecular complexity index is 1360. The molecule has 1 amide bonds. The van der Waals surface area contributed by atoms with Crippen molar-refractivity contribution < 1.29 is 18.7 Å². The summed E-state index contributed by atoms with van der Waals surface area (Å²) in [6.45, 7) is 1.87. The van der Waals surface area contributed by atoms with Crippen molar-refractivity contribution in [3.63, 3.8) is 0 Å². The van der Waals surface area contributed by atoms with Gasteiger partial charge in [-0.2, -0.15) is 5.10 Å². The first-order valence-electron chi connectivity index (χ1n) is 10.1. The van der Waals surface area contributed by atoms with Crippen molar-refractivity contribution in [3.8, 4) is 16.9 Å². The van der Waals surface area contributed by atoms with Gasteiger partial charge in [-0.15, -0.1) is 0 Å². The molecule has 7 nitrogen and oxygen atoms in total. The largest absolute Gasteiger partial charge is 0.461 e. The Kier molecular flexibility index (Phi) is 6.90. The number of amides is 1. The molecule has 0 aliphatic carbocycles. The van der Waals surface area contributed by atoms with Crippen molar-refractivity contribution in [2.45, 2.75) is 6.92 Å². The van der Waals surface area contributed by atoms with Gasteiger partial charge in [-0.05, 0) is 43.3 Å². The molecule has 0 atom stereocenters. The number of rotatable bonds is 6. The zero-order chi connectivity index (χ0) is 24.2. The number of carbonyl (C=O) groups excluding carboxylic acids is 2. The molecule has 0 spiro atoms. The molecule has 2 heterocycles. The number of aromatic nitrogens is 3. The Morgan fingerprint density at radius 1 is 1.06 bits per heavy atom. The monoisotopic (exact) mass is 498 g/mol. The number of para-hydroxylation sites is 1. The van der Waals surface area contributed by atoms with Crippen molar-refractivity contribution in [2.24, 2.45) is 0 Å². The molecule has 2 aromatic heterocycles. The minimum absolute atomic E-state index is 0.0272. The fraction of sp³-hybridized carbons (Fsp3) is 0.0833. The quantitative estimate of drug-likeness (QED) is 0.339. The number of esters is 1. The highest BCUT2D eigenvalue weighted by atomic mass is 35.5. The number of carbonyl (C=O) groups is 2. The molecule has 2 aromatic carbocycles. The number of nitrogens with zero attached hydrogens (tertiary/aromatic N) is 3. The van der Waals surface area contributed by atoms with E-state index in [9.17, 15) is 14.0 Å². The van der Waals surface area contributed by atoms with Gasteiger partial charge < -0.3 is 10.1 Å². The number of benzene rings is 2. The van der Waals surface area contributed by atoms with E-state index in [-0.39, 0.29) is 33.7 Å². The maximum atomic E-state index is 13.3. The second kappa shape index (κ2) is 10.0. The summed E-state index contributed by atoms with van der Waals surface area (Å²) in [5.41, 5.74) is 1.52. The topological polar surface area (TPSA) is 86.1 Å². The van der Waals surface area contributed by atoms with E-state index in [0.29, 0.717) is 16.9 Å². The standard InChI is InChI=1S/C24H17Cl2FN4O3/c1-2-34-24(33)21-12-22(31(30-21)15-6-4-3-5-7-15)29-23(32)17-10-16(18(25)11-19(17)26)20-9-8-14(27)13-28-20/h3-13H,2H2,1H3,(H,29,32). The number of hydrogen-bond donors (Lipinski definition) is 1. The lowest BCUT2D eigenvalue weighted by Crippen LogP contribution is -2.16. The van der Waals surface area contributed by atoms with Crippen LogP contribution in [0.5, 0.6) is 0 Å². The summed E-state index contributed by atoms with van der Waals surface area (Å²) < 4.78 is 19.7. The number of pyridine rings is 1. The summed E-state index contributed by atoms with van der Waals surface area (Å²) in [4.78, 5) is 29.4. The van der Waals surface area contributed by atoms with E-state index >= 15 is 0 Å². The van der Waals surface area contributed by atoms with Crippen LogP contribution in [0, 0.1) is 5.82 Å². The number of anilines is 1. The Hall–Kier alpha value is -3.75. The van der Waals surface area contributed by atoms with Gasteiger partial charge in [0.1, 0.15) is 11.6 Å². The lowest BCUT2D eigenvalue weighted by molar-refractivity contribution is 0.0518. The molecule has 0 aliphatic rings. The third-order valence-electron chi connectivity index (χ3n) is 4.74. The summed E-state index contributed by atoms with van der Waals surface area (Å²) in [5, 5.41) is 7.37. The van der Waals surface area contributed by atoms with Gasteiger partial charge in [-0.1, -0.05) is 41.4 Å². The third kappa shape index (κ3) is 4.93. The van der Waals surface area contributed by atoms with Crippen molar-refractivity contribution in [2.75, 3.05) is 11.9 Å². The van der Waals surface area contributed by atoms with Gasteiger partial charge in [0.2, 0.25) is 0 Å². The normalized spacial score (nSPS) is 10.7. The highest BCUT2D eigenvalue weighted by molar-refractivity contribution is 6.38. The van der Waals surface area contributed by atoms with Crippen LogP contribution in [0.3, 0.4) is 0 Å². The van der Waals surface area contributed by atoms with Crippen molar-refractivity contribution in [3.05, 3.63) is 94.0 Å². The molecule has 10 heteroatoms. The minimum Gasteiger partial charge on any atom is -0.461 e. The first kappa shape index (κ1) is 23.4. The number of nitrogens with one attached hydrogen (secondary N) is 1. The summed E-state index contributed by atoms with van der Waals surface area (Å²) in [5.74, 6) is -1.47. The lowest BCUT2D eigenvalue weighted by Gasteiger charge is -2.12. The van der Waals surface area contributed by atoms with Crippen molar-refractivity contribution in [1.82, 2.24) is 14.8 Å². The van der Waals surface area contributed by atoms with Gasteiger partial charge in [0.05, 0.1) is 39.8 Å². The lowest BCUT2D eigenvalue weighted by atomic mass is 10.1. The Morgan fingerprint density at radius 3 is 2.50 bits per heavy atom. The molecule has 4 aromatic rings. The molecule has 172 valence electrons. The van der Waals surface area contributed by atoms with E-state index < -0.39 is 17.7 Å². The second-order valence-electron chi connectivity index (χ2n) is 7.01. The first-order valence-corrected chi connectivity index (χ1v) is 10.9. The van der Waals surface area contributed by atoms with Gasteiger partial charge in [0, 0.05) is 11.6 Å². The van der Waals surface area contributed by atoms with Crippen LogP contribution in [-0.4, -0.2) is 33.2 Å². The Labute approximate surface area is 204 Å². The van der Waals surface area contributed by atoms with Crippen LogP contribution in [0.2, 0.25) is 10.0 Å². The van der Waals surface area contributed by atoms with Crippen LogP contribution < -0.4 is 5.32 Å². The molecule has 0 fully saturated rings. The molecular formula is C24H17Cl2FN4O3. The molecule has 0 saturated heterocycles. The van der Waals surface area contributed by atoms with Crippen LogP contribution >= 0.6 is 23.2 Å². The van der Waals surface area contributed by atoms with E-state index in [2.05, 4.69) is 15.4 Å². The Morgan fingerprint density at radius 2 is 1.82 bits per heavy atom. The Balaban J connectivity index is 1.72. The highest BCUT2D eigenvalue weighted by Crippen LogP contribution is 2.32. The zero-order valence-electron chi connectivity index (χ0n) is 17.8. The fourth-order valence-electron chi connectivity index (χ4n) is 3.18. The predicted molar refractivity (Wildman–Crippen MR) is 127 cm³/mol. The summed E-state index contributed by atoms with van der Waals surface area (Å²) >= 11 is 12.6. The second-order valence-corrected chi connectivity index (χ2v) is 7.82. The number of ether oxygens (including phenoxy) is 1. The molecule has 0 unspecified atom stereocenters. The third-order valence-corrected chi connectivity index (χ3v) is 5.37.